The molecule has 6 nitrogen and oxygen atoms in total. The number of aromatic nitrogens is 2. The van der Waals surface area contributed by atoms with E-state index in [9.17, 15) is 4.79 Å². The van der Waals surface area contributed by atoms with E-state index in [1.54, 1.807) is 30.5 Å². The van der Waals surface area contributed by atoms with Gasteiger partial charge in [0.1, 0.15) is 5.82 Å². The topological polar surface area (TPSA) is 76.1 Å². The number of hydrogen-bond donors (Lipinski definition) is 2. The van der Waals surface area contributed by atoms with Gasteiger partial charge < -0.3 is 15.4 Å². The van der Waals surface area contributed by atoms with Crippen LogP contribution in [0.1, 0.15) is 24.2 Å². The molecular weight excluding hydrogens is 280 g/mol. The fourth-order valence-corrected chi connectivity index (χ4v) is 1.83. The first-order valence-corrected chi connectivity index (χ1v) is 7.11. The molecular formula is C16H20N4O2. The van der Waals surface area contributed by atoms with Gasteiger partial charge in [0.15, 0.2) is 0 Å². The van der Waals surface area contributed by atoms with Crippen molar-refractivity contribution in [2.45, 2.75) is 13.8 Å². The van der Waals surface area contributed by atoms with Gasteiger partial charge in [-0.05, 0) is 24.1 Å². The van der Waals surface area contributed by atoms with Gasteiger partial charge in [-0.25, -0.2) is 9.78 Å². The van der Waals surface area contributed by atoms with Gasteiger partial charge in [0.2, 0.25) is 5.95 Å². The van der Waals surface area contributed by atoms with E-state index >= 15 is 0 Å². The molecule has 116 valence electrons. The summed E-state index contributed by atoms with van der Waals surface area (Å²) in [7, 11) is 1.35. The van der Waals surface area contributed by atoms with Crippen LogP contribution < -0.4 is 10.6 Å². The Kier molecular flexibility index (Phi) is 5.30. The number of hydrogen-bond acceptors (Lipinski definition) is 6. The lowest BCUT2D eigenvalue weighted by Crippen LogP contribution is -2.11. The van der Waals surface area contributed by atoms with Crippen molar-refractivity contribution in [3.8, 4) is 0 Å². The number of para-hydroxylation sites is 1. The third-order valence-electron chi connectivity index (χ3n) is 2.93. The van der Waals surface area contributed by atoms with E-state index in [1.807, 2.05) is 6.07 Å². The quantitative estimate of drug-likeness (QED) is 0.798. The summed E-state index contributed by atoms with van der Waals surface area (Å²) < 4.78 is 4.77. The monoisotopic (exact) mass is 300 g/mol. The lowest BCUT2D eigenvalue weighted by Gasteiger charge is -2.11. The van der Waals surface area contributed by atoms with Gasteiger partial charge >= 0.3 is 5.97 Å². The van der Waals surface area contributed by atoms with Crippen molar-refractivity contribution in [2.75, 3.05) is 24.3 Å². The molecule has 0 aliphatic carbocycles. The first kappa shape index (κ1) is 15.8. The second kappa shape index (κ2) is 7.40. The summed E-state index contributed by atoms with van der Waals surface area (Å²) in [5.74, 6) is 1.27. The molecule has 0 aliphatic rings. The van der Waals surface area contributed by atoms with Crippen LogP contribution in [0.2, 0.25) is 0 Å². The van der Waals surface area contributed by atoms with Crippen LogP contribution in [0.3, 0.4) is 0 Å². The molecule has 1 aromatic carbocycles. The van der Waals surface area contributed by atoms with Gasteiger partial charge in [0.25, 0.3) is 0 Å². The molecule has 0 aliphatic heterocycles. The largest absolute Gasteiger partial charge is 0.465 e. The van der Waals surface area contributed by atoms with Gasteiger partial charge in [-0.15, -0.1) is 0 Å². The van der Waals surface area contributed by atoms with Crippen LogP contribution in [0.15, 0.2) is 36.5 Å². The highest BCUT2D eigenvalue weighted by molar-refractivity contribution is 5.96. The maximum absolute atomic E-state index is 11.8. The molecule has 0 saturated heterocycles. The molecule has 6 heteroatoms. The molecule has 0 saturated carbocycles. The van der Waals surface area contributed by atoms with Crippen LogP contribution in [0, 0.1) is 5.92 Å². The maximum atomic E-state index is 11.8. The number of rotatable bonds is 6. The standard InChI is InChI=1S/C16H20N4O2/c1-11(2)10-18-14-8-9-17-16(20-14)19-13-7-5-4-6-12(13)15(21)22-3/h4-9,11H,10H2,1-3H3,(H2,17,18,19,20). The number of methoxy groups -OCH3 is 1. The van der Waals surface area contributed by atoms with Crippen molar-refractivity contribution >= 4 is 23.4 Å². The highest BCUT2D eigenvalue weighted by Gasteiger charge is 2.12. The van der Waals surface area contributed by atoms with Crippen LogP contribution in [0.5, 0.6) is 0 Å². The number of nitrogens with one attached hydrogen (secondary N) is 2. The van der Waals surface area contributed by atoms with E-state index in [2.05, 4.69) is 34.4 Å². The minimum atomic E-state index is -0.405. The van der Waals surface area contributed by atoms with E-state index in [4.69, 9.17) is 4.74 Å². The third-order valence-corrected chi connectivity index (χ3v) is 2.93. The second-order valence-corrected chi connectivity index (χ2v) is 5.20. The van der Waals surface area contributed by atoms with Crippen LogP contribution in [-0.4, -0.2) is 29.6 Å². The molecule has 0 bridgehead atoms. The Morgan fingerprint density at radius 1 is 1.27 bits per heavy atom. The molecule has 0 unspecified atom stereocenters. The Labute approximate surface area is 129 Å². The highest BCUT2D eigenvalue weighted by Crippen LogP contribution is 2.20. The third kappa shape index (κ3) is 4.18. The molecule has 1 heterocycles. The fourth-order valence-electron chi connectivity index (χ4n) is 1.83. The first-order chi connectivity index (χ1) is 10.6. The first-order valence-electron chi connectivity index (χ1n) is 7.11. The van der Waals surface area contributed by atoms with E-state index in [0.29, 0.717) is 23.1 Å². The normalized spacial score (nSPS) is 10.4. The van der Waals surface area contributed by atoms with Crippen molar-refractivity contribution in [3.63, 3.8) is 0 Å². The van der Waals surface area contributed by atoms with Crippen LogP contribution >= 0.6 is 0 Å². The number of benzene rings is 1. The minimum Gasteiger partial charge on any atom is -0.465 e. The molecule has 2 rings (SSSR count). The van der Waals surface area contributed by atoms with E-state index in [0.717, 1.165) is 12.4 Å². The summed E-state index contributed by atoms with van der Waals surface area (Å²) in [5.41, 5.74) is 1.05. The van der Waals surface area contributed by atoms with Crippen LogP contribution in [0.4, 0.5) is 17.5 Å². The van der Waals surface area contributed by atoms with Crippen molar-refractivity contribution in [1.29, 1.82) is 0 Å². The molecule has 2 N–H and O–H groups in total. The fraction of sp³-hybridized carbons (Fsp3) is 0.312. The number of esters is 1. The molecule has 2 aromatic rings. The minimum absolute atomic E-state index is 0.405. The maximum Gasteiger partial charge on any atom is 0.339 e. The number of anilines is 3. The highest BCUT2D eigenvalue weighted by atomic mass is 16.5. The van der Waals surface area contributed by atoms with Gasteiger partial charge in [-0.1, -0.05) is 26.0 Å². The number of carbonyl (C=O) groups is 1. The predicted octanol–water partition coefficient (Wildman–Crippen LogP) is 3.07. The van der Waals surface area contributed by atoms with Crippen molar-refractivity contribution < 1.29 is 9.53 Å². The average molecular weight is 300 g/mol. The second-order valence-electron chi connectivity index (χ2n) is 5.20. The zero-order valence-corrected chi connectivity index (χ0v) is 13.0. The SMILES string of the molecule is COC(=O)c1ccccc1Nc1nccc(NCC(C)C)n1. The zero-order valence-electron chi connectivity index (χ0n) is 13.0. The van der Waals surface area contributed by atoms with Gasteiger partial charge in [-0.2, -0.15) is 4.98 Å². The van der Waals surface area contributed by atoms with E-state index in [1.165, 1.54) is 7.11 Å². The van der Waals surface area contributed by atoms with Gasteiger partial charge in [-0.3, -0.25) is 0 Å². The lowest BCUT2D eigenvalue weighted by molar-refractivity contribution is 0.0602. The number of ether oxygens (including phenoxy) is 1. The number of nitrogens with zero attached hydrogens (tertiary/aromatic N) is 2. The summed E-state index contributed by atoms with van der Waals surface area (Å²) >= 11 is 0. The Morgan fingerprint density at radius 3 is 2.77 bits per heavy atom. The summed E-state index contributed by atoms with van der Waals surface area (Å²) in [6, 6.07) is 8.88. The molecule has 0 fully saturated rings. The summed E-state index contributed by atoms with van der Waals surface area (Å²) in [4.78, 5) is 20.3. The van der Waals surface area contributed by atoms with E-state index in [-0.39, 0.29) is 0 Å². The van der Waals surface area contributed by atoms with Crippen molar-refractivity contribution in [1.82, 2.24) is 9.97 Å². The Balaban J connectivity index is 2.17. The molecule has 22 heavy (non-hydrogen) atoms. The Morgan fingerprint density at radius 2 is 2.05 bits per heavy atom. The van der Waals surface area contributed by atoms with E-state index < -0.39 is 5.97 Å². The molecule has 0 spiro atoms. The molecule has 1 aromatic heterocycles. The van der Waals surface area contributed by atoms with Crippen molar-refractivity contribution in [3.05, 3.63) is 42.1 Å². The predicted molar refractivity (Wildman–Crippen MR) is 86.4 cm³/mol. The average Bonchev–Trinajstić information content (AvgIpc) is 2.53. The molecule has 0 amide bonds. The molecule has 0 atom stereocenters. The van der Waals surface area contributed by atoms with Crippen LogP contribution in [-0.2, 0) is 4.74 Å². The summed E-state index contributed by atoms with van der Waals surface area (Å²) in [6.07, 6.45) is 1.67. The molecule has 0 radical (unpaired) electrons. The lowest BCUT2D eigenvalue weighted by atomic mass is 10.2. The smallest absolute Gasteiger partial charge is 0.339 e. The zero-order chi connectivity index (χ0) is 15.9. The summed E-state index contributed by atoms with van der Waals surface area (Å²) in [6.45, 7) is 5.08. The Bertz CT molecular complexity index is 644. The van der Waals surface area contributed by atoms with Crippen molar-refractivity contribution in [2.24, 2.45) is 5.92 Å². The Hall–Kier alpha value is -2.63. The van der Waals surface area contributed by atoms with Crippen LogP contribution in [0.25, 0.3) is 0 Å². The number of carbonyl (C=O) groups excluding carboxylic acids is 1. The van der Waals surface area contributed by atoms with Gasteiger partial charge in [0, 0.05) is 12.7 Å². The van der Waals surface area contributed by atoms with Gasteiger partial charge in [0.05, 0.1) is 18.4 Å². The summed E-state index contributed by atoms with van der Waals surface area (Å²) in [5, 5.41) is 6.29.